The summed E-state index contributed by atoms with van der Waals surface area (Å²) in [7, 11) is 0. The third-order valence-corrected chi connectivity index (χ3v) is 6.33. The molecule has 0 heterocycles. The molecule has 0 fully saturated rings. The molecule has 6 aromatic rings. The molecular weight excluding hydrogens is 704 g/mol. The number of carboxylic acid groups (broad SMARTS) is 3. The average Bonchev–Trinajstić information content (AvgIpc) is 3.15. The predicted octanol–water partition coefficient (Wildman–Crippen LogP) is 6.98. The van der Waals surface area contributed by atoms with Crippen LogP contribution in [-0.4, -0.2) is 69.8 Å². The second kappa shape index (κ2) is 22.0. The Morgan fingerprint density at radius 2 is 0.593 bits per heavy atom. The third-order valence-electron chi connectivity index (χ3n) is 6.33. The average molecular weight is 739 g/mol. The van der Waals surface area contributed by atoms with Crippen molar-refractivity contribution in [1.82, 2.24) is 0 Å². The van der Waals surface area contributed by atoms with Gasteiger partial charge in [0.15, 0.2) is 0 Å². The zero-order valence-corrected chi connectivity index (χ0v) is 28.0. The van der Waals surface area contributed by atoms with Gasteiger partial charge in [0.25, 0.3) is 0 Å². The molecule has 0 spiro atoms. The third kappa shape index (κ3) is 14.9. The summed E-state index contributed by atoms with van der Waals surface area (Å²) in [6.45, 7) is 0. The number of phenols is 6. The summed E-state index contributed by atoms with van der Waals surface area (Å²) in [5, 5.41) is 78.7. The maximum absolute atomic E-state index is 11.7. The first-order valence-corrected chi connectivity index (χ1v) is 15.3. The molecule has 14 heteroatoms. The van der Waals surface area contributed by atoms with Gasteiger partial charge in [0.1, 0.15) is 62.5 Å². The van der Waals surface area contributed by atoms with Crippen molar-refractivity contribution in [3.63, 3.8) is 0 Å². The molecule has 0 aromatic heterocycles. The molecule has 6 rings (SSSR count). The summed E-state index contributed by atoms with van der Waals surface area (Å²) in [6.07, 6.45) is 0. The van der Waals surface area contributed by atoms with Crippen LogP contribution in [0.5, 0.6) is 40.2 Å². The zero-order chi connectivity index (χ0) is 40.0. The molecule has 6 aromatic carbocycles. The molecular formula is C40H34O14. The van der Waals surface area contributed by atoms with Gasteiger partial charge in [0.2, 0.25) is 0 Å². The van der Waals surface area contributed by atoms with Gasteiger partial charge in [-0.2, -0.15) is 0 Å². The Kier molecular flexibility index (Phi) is 17.1. The molecule has 0 atom stereocenters. The van der Waals surface area contributed by atoms with Gasteiger partial charge >= 0.3 is 23.9 Å². The number of carbonyl (C=O) groups is 4. The summed E-state index contributed by atoms with van der Waals surface area (Å²) in [6, 6.07) is 38.1. The van der Waals surface area contributed by atoms with Crippen molar-refractivity contribution in [2.75, 3.05) is 0 Å². The Morgan fingerprint density at radius 3 is 0.852 bits per heavy atom. The van der Waals surface area contributed by atoms with E-state index >= 15 is 0 Å². The van der Waals surface area contributed by atoms with Crippen molar-refractivity contribution in [2.45, 2.75) is 0 Å². The lowest BCUT2D eigenvalue weighted by Gasteiger charge is -2.04. The molecule has 0 saturated heterocycles. The molecule has 14 nitrogen and oxygen atoms in total. The van der Waals surface area contributed by atoms with E-state index in [-0.39, 0.29) is 56.8 Å². The van der Waals surface area contributed by atoms with Gasteiger partial charge in [-0.25, -0.2) is 19.2 Å². The minimum Gasteiger partial charge on any atom is -0.508 e. The highest BCUT2D eigenvalue weighted by Gasteiger charge is 2.12. The number of para-hydroxylation sites is 5. The van der Waals surface area contributed by atoms with Crippen LogP contribution in [0.4, 0.5) is 0 Å². The van der Waals surface area contributed by atoms with Gasteiger partial charge in [-0.05, 0) is 84.9 Å². The zero-order valence-electron chi connectivity index (χ0n) is 28.0. The summed E-state index contributed by atoms with van der Waals surface area (Å²) < 4.78 is 5.08. The van der Waals surface area contributed by atoms with Crippen LogP contribution in [0.15, 0.2) is 152 Å². The Hall–Kier alpha value is -8.00. The lowest BCUT2D eigenvalue weighted by atomic mass is 10.2. The van der Waals surface area contributed by atoms with Crippen LogP contribution >= 0.6 is 0 Å². The largest absolute Gasteiger partial charge is 0.508 e. The maximum Gasteiger partial charge on any atom is 0.347 e. The van der Waals surface area contributed by atoms with Crippen molar-refractivity contribution in [2.24, 2.45) is 0 Å². The number of rotatable bonds is 5. The van der Waals surface area contributed by atoms with Gasteiger partial charge in [-0.1, -0.05) is 66.7 Å². The lowest BCUT2D eigenvalue weighted by Crippen LogP contribution is -2.08. The summed E-state index contributed by atoms with van der Waals surface area (Å²) in [5.74, 6) is -3.79. The van der Waals surface area contributed by atoms with Crippen LogP contribution in [0.25, 0.3) is 0 Å². The lowest BCUT2D eigenvalue weighted by molar-refractivity contribution is 0.0682. The number of hydrogen-bond donors (Lipinski definition) is 9. The molecule has 0 aliphatic carbocycles. The fraction of sp³-hybridized carbons (Fsp3) is 0. The Balaban J connectivity index is 0.000000239. The van der Waals surface area contributed by atoms with Crippen LogP contribution in [0.1, 0.15) is 41.4 Å². The number of benzene rings is 6. The molecule has 0 aliphatic heterocycles. The minimum absolute atomic E-state index is 0.0671. The molecule has 54 heavy (non-hydrogen) atoms. The Bertz CT molecular complexity index is 1960. The SMILES string of the molecule is O=C(O)c1ccccc1O.O=C(O)c1ccccc1O.O=C(O)c1ccccc1O.O=C(Oc1ccccc1)c1ccccc1O.Oc1ccc(O)cc1. The summed E-state index contributed by atoms with van der Waals surface area (Å²) in [5.41, 5.74) is -0.0427. The first-order chi connectivity index (χ1) is 25.7. The number of aromatic hydroxyl groups is 6. The fourth-order valence-corrected chi connectivity index (χ4v) is 3.71. The molecule has 0 amide bonds. The molecule has 278 valence electrons. The van der Waals surface area contributed by atoms with Crippen molar-refractivity contribution < 1.29 is 69.9 Å². The van der Waals surface area contributed by atoms with E-state index in [9.17, 15) is 24.3 Å². The quantitative estimate of drug-likeness (QED) is 0.0491. The van der Waals surface area contributed by atoms with Gasteiger partial charge in [-0.15, -0.1) is 0 Å². The van der Waals surface area contributed by atoms with Gasteiger partial charge < -0.3 is 50.7 Å². The topological polar surface area (TPSA) is 260 Å². The number of ether oxygens (including phenoxy) is 1. The first-order valence-electron chi connectivity index (χ1n) is 15.3. The van der Waals surface area contributed by atoms with Gasteiger partial charge in [-0.3, -0.25) is 0 Å². The molecule has 0 saturated carbocycles. The number of carboxylic acids is 3. The Labute approximate surface area is 307 Å². The van der Waals surface area contributed by atoms with E-state index in [1.54, 1.807) is 72.8 Å². The number of esters is 1. The van der Waals surface area contributed by atoms with Gasteiger partial charge in [0, 0.05) is 0 Å². The van der Waals surface area contributed by atoms with Gasteiger partial charge in [0.05, 0.1) is 0 Å². The van der Waals surface area contributed by atoms with Crippen molar-refractivity contribution in [3.8, 4) is 40.2 Å². The number of carbonyl (C=O) groups excluding carboxylic acids is 1. The molecule has 0 unspecified atom stereocenters. The van der Waals surface area contributed by atoms with Crippen molar-refractivity contribution >= 4 is 23.9 Å². The smallest absolute Gasteiger partial charge is 0.347 e. The van der Waals surface area contributed by atoms with Crippen LogP contribution < -0.4 is 4.74 Å². The Morgan fingerprint density at radius 1 is 0.333 bits per heavy atom. The van der Waals surface area contributed by atoms with Crippen molar-refractivity contribution in [3.05, 3.63) is 174 Å². The normalized spacial score (nSPS) is 9.33. The van der Waals surface area contributed by atoms with E-state index in [4.69, 9.17) is 45.6 Å². The highest BCUT2D eigenvalue weighted by Crippen LogP contribution is 2.19. The molecule has 0 bridgehead atoms. The summed E-state index contributed by atoms with van der Waals surface area (Å²) in [4.78, 5) is 42.4. The van der Waals surface area contributed by atoms with Crippen molar-refractivity contribution in [1.29, 1.82) is 0 Å². The fourth-order valence-electron chi connectivity index (χ4n) is 3.71. The monoisotopic (exact) mass is 738 g/mol. The highest BCUT2D eigenvalue weighted by molar-refractivity contribution is 5.94. The summed E-state index contributed by atoms with van der Waals surface area (Å²) >= 11 is 0. The van der Waals surface area contributed by atoms with Crippen LogP contribution in [-0.2, 0) is 0 Å². The van der Waals surface area contributed by atoms with E-state index in [1.807, 2.05) is 6.07 Å². The van der Waals surface area contributed by atoms with Crippen LogP contribution in [0.3, 0.4) is 0 Å². The standard InChI is InChI=1S/C13H10O3.3C7H6O3.C6H6O2/c14-12-9-5-4-8-11(12)13(15)16-10-6-2-1-3-7-10;3*8-6-4-2-1-3-5(6)7(9)10;7-5-1-2-6(8)4-3-5/h1-9,14H;3*1-4,8H,(H,9,10);1-4,7-8H. The number of phenolic OH excluding ortho intramolecular Hbond substituents is 3. The molecule has 9 N–H and O–H groups in total. The number of hydrogen-bond acceptors (Lipinski definition) is 11. The van der Waals surface area contributed by atoms with E-state index < -0.39 is 23.9 Å². The van der Waals surface area contributed by atoms with Crippen LogP contribution in [0, 0.1) is 0 Å². The van der Waals surface area contributed by atoms with E-state index in [2.05, 4.69) is 0 Å². The number of aromatic carboxylic acids is 3. The van der Waals surface area contributed by atoms with E-state index in [0.29, 0.717) is 5.75 Å². The van der Waals surface area contributed by atoms with E-state index in [0.717, 1.165) is 0 Å². The first kappa shape index (κ1) is 42.2. The second-order valence-corrected chi connectivity index (χ2v) is 10.2. The second-order valence-electron chi connectivity index (χ2n) is 10.2. The minimum atomic E-state index is -1.11. The highest BCUT2D eigenvalue weighted by atomic mass is 16.5. The molecule has 0 aliphatic rings. The van der Waals surface area contributed by atoms with Crippen LogP contribution in [0.2, 0.25) is 0 Å². The maximum atomic E-state index is 11.7. The van der Waals surface area contributed by atoms with E-state index in [1.165, 1.54) is 72.8 Å². The predicted molar refractivity (Wildman–Crippen MR) is 194 cm³/mol. The molecule has 0 radical (unpaired) electrons.